The average Bonchev–Trinajstić information content (AvgIpc) is 1.84. The second-order valence-electron chi connectivity index (χ2n) is 0.811. The van der Waals surface area contributed by atoms with E-state index in [9.17, 15) is 9.59 Å². The largest absolute Gasteiger partial charge is 0.535 e. The highest BCUT2D eigenvalue weighted by atomic mass is 31.0. The van der Waals surface area contributed by atoms with Crippen molar-refractivity contribution in [2.45, 2.75) is 0 Å². The van der Waals surface area contributed by atoms with Crippen LogP contribution in [0.25, 0.3) is 0 Å². The van der Waals surface area contributed by atoms with Gasteiger partial charge < -0.3 is 9.18 Å². The van der Waals surface area contributed by atoms with Gasteiger partial charge in [0.2, 0.25) is 0 Å². The Labute approximate surface area is 49.3 Å². The Bertz CT molecular complexity index is 98.6. The first-order valence-electron chi connectivity index (χ1n) is 1.54. The normalized spacial score (nSPS) is 7.62. The van der Waals surface area contributed by atoms with Crippen LogP contribution in [-0.4, -0.2) is 20.0 Å². The number of hydrogen-bond donors (Lipinski definition) is 0. The molecule has 0 saturated carbocycles. The molecule has 0 aromatic heterocycles. The molecule has 0 N–H and O–H groups in total. The molecular formula is C2H2BO4P. The maximum Gasteiger partial charge on any atom is 0.417 e. The Kier molecular flexibility index (Phi) is 3.20. The zero-order valence-electron chi connectivity index (χ0n) is 3.79. The van der Waals surface area contributed by atoms with Gasteiger partial charge in [0.15, 0.2) is 0 Å². The summed E-state index contributed by atoms with van der Waals surface area (Å²) in [5.74, 6) is -2.36. The minimum absolute atomic E-state index is 1.14. The molecule has 0 aromatic carbocycles. The smallest absolute Gasteiger partial charge is 0.417 e. The van der Waals surface area contributed by atoms with Gasteiger partial charge in [-0.3, -0.25) is 0 Å². The first-order valence-corrected chi connectivity index (χ1v) is 2.01. The first-order chi connectivity index (χ1) is 3.72. The van der Waals surface area contributed by atoms with E-state index in [1.54, 1.807) is 9.47 Å². The van der Waals surface area contributed by atoms with E-state index in [0.717, 1.165) is 0 Å². The lowest BCUT2D eigenvalue weighted by molar-refractivity contribution is -0.155. The maximum atomic E-state index is 9.95. The molecule has 1 unspecified atom stereocenters. The van der Waals surface area contributed by atoms with E-state index in [1.807, 2.05) is 0 Å². The van der Waals surface area contributed by atoms with Gasteiger partial charge in [-0.2, -0.15) is 0 Å². The molecule has 0 aromatic rings. The second-order valence-corrected chi connectivity index (χ2v) is 1.05. The molecule has 0 bridgehead atoms. The summed E-state index contributed by atoms with van der Waals surface area (Å²) in [6.07, 6.45) is 0. The molecule has 0 aliphatic carbocycles. The van der Waals surface area contributed by atoms with E-state index in [4.69, 9.17) is 0 Å². The van der Waals surface area contributed by atoms with Gasteiger partial charge in [0.25, 0.3) is 0 Å². The second kappa shape index (κ2) is 3.44. The topological polar surface area (TPSA) is 52.6 Å². The standard InChI is InChI=1S/C2H2BO4P/c3-6-1(4)2(5)7-8/h8H2. The highest BCUT2D eigenvalue weighted by Crippen LogP contribution is 1.87. The van der Waals surface area contributed by atoms with Crippen molar-refractivity contribution in [3.8, 4) is 0 Å². The fraction of sp³-hybridized carbons (Fsp3) is 0. The molecule has 2 radical (unpaired) electrons. The van der Waals surface area contributed by atoms with Gasteiger partial charge in [-0.15, -0.1) is 0 Å². The van der Waals surface area contributed by atoms with Crippen LogP contribution >= 0.6 is 9.47 Å². The quantitative estimate of drug-likeness (QED) is 0.239. The van der Waals surface area contributed by atoms with E-state index in [1.165, 1.54) is 0 Å². The van der Waals surface area contributed by atoms with Crippen LogP contribution in [-0.2, 0) is 18.8 Å². The van der Waals surface area contributed by atoms with Gasteiger partial charge in [-0.1, -0.05) is 0 Å². The van der Waals surface area contributed by atoms with Gasteiger partial charge in [-0.05, 0) is 0 Å². The van der Waals surface area contributed by atoms with E-state index in [0.29, 0.717) is 0 Å². The third-order valence-electron chi connectivity index (χ3n) is 0.381. The Hall–Kier alpha value is -0.565. The summed E-state index contributed by atoms with van der Waals surface area (Å²) in [5.41, 5.74) is 0. The molecule has 6 heteroatoms. The third kappa shape index (κ3) is 1.93. The lowest BCUT2D eigenvalue weighted by Crippen LogP contribution is -2.15. The number of carbonyl (C=O) groups excluding carboxylic acids is 2. The minimum Gasteiger partial charge on any atom is -0.535 e. The molecule has 42 valence electrons. The van der Waals surface area contributed by atoms with Crippen LogP contribution in [0.2, 0.25) is 0 Å². The van der Waals surface area contributed by atoms with Crippen LogP contribution in [0.1, 0.15) is 0 Å². The van der Waals surface area contributed by atoms with Crippen molar-refractivity contribution < 1.29 is 18.8 Å². The molecule has 8 heavy (non-hydrogen) atoms. The molecule has 0 spiro atoms. The van der Waals surface area contributed by atoms with Crippen molar-refractivity contribution in [1.29, 1.82) is 0 Å². The molecular weight excluding hydrogens is 130 g/mol. The predicted octanol–water partition coefficient (Wildman–Crippen LogP) is -1.05. The van der Waals surface area contributed by atoms with Crippen LogP contribution in [0.5, 0.6) is 0 Å². The lowest BCUT2D eigenvalue weighted by atomic mass is 10.5. The van der Waals surface area contributed by atoms with Crippen molar-refractivity contribution in [3.05, 3.63) is 0 Å². The third-order valence-corrected chi connectivity index (χ3v) is 0.595. The molecule has 4 nitrogen and oxygen atoms in total. The van der Waals surface area contributed by atoms with Gasteiger partial charge in [0, 0.05) is 0 Å². The molecule has 0 saturated heterocycles. The van der Waals surface area contributed by atoms with Gasteiger partial charge in [-0.25, -0.2) is 9.59 Å². The average molecular weight is 132 g/mol. The summed E-state index contributed by atoms with van der Waals surface area (Å²) in [4.78, 5) is 19.9. The van der Waals surface area contributed by atoms with Crippen LogP contribution in [0.15, 0.2) is 0 Å². The highest BCUT2D eigenvalue weighted by molar-refractivity contribution is 7.11. The van der Waals surface area contributed by atoms with E-state index in [-0.39, 0.29) is 0 Å². The van der Waals surface area contributed by atoms with Crippen LogP contribution in [0, 0.1) is 0 Å². The summed E-state index contributed by atoms with van der Waals surface area (Å²) >= 11 is 0. The summed E-state index contributed by atoms with van der Waals surface area (Å²) in [5, 5.41) is 0. The van der Waals surface area contributed by atoms with Crippen molar-refractivity contribution >= 4 is 29.5 Å². The molecule has 0 aliphatic rings. The SMILES string of the molecule is [B]OC(=O)C(=O)OP. The number of rotatable bonds is 0. The minimum atomic E-state index is -1.22. The van der Waals surface area contributed by atoms with Crippen molar-refractivity contribution in [3.63, 3.8) is 0 Å². The summed E-state index contributed by atoms with van der Waals surface area (Å²) in [7, 11) is 5.87. The van der Waals surface area contributed by atoms with Gasteiger partial charge in [0.05, 0.1) is 9.47 Å². The van der Waals surface area contributed by atoms with Crippen molar-refractivity contribution in [2.75, 3.05) is 0 Å². The highest BCUT2D eigenvalue weighted by Gasteiger charge is 2.11. The monoisotopic (exact) mass is 132 g/mol. The first kappa shape index (κ1) is 7.43. The molecule has 0 heterocycles. The number of hydrogen-bond acceptors (Lipinski definition) is 4. The predicted molar refractivity (Wildman–Crippen MR) is 27.6 cm³/mol. The van der Waals surface area contributed by atoms with E-state index >= 15 is 0 Å². The van der Waals surface area contributed by atoms with Crippen LogP contribution < -0.4 is 0 Å². The Morgan fingerprint density at radius 2 is 1.88 bits per heavy atom. The maximum absolute atomic E-state index is 9.95. The van der Waals surface area contributed by atoms with Crippen LogP contribution in [0.3, 0.4) is 0 Å². The molecule has 0 amide bonds. The molecule has 0 fully saturated rings. The van der Waals surface area contributed by atoms with Crippen LogP contribution in [0.4, 0.5) is 0 Å². The number of carbonyl (C=O) groups is 2. The summed E-state index contributed by atoms with van der Waals surface area (Å²) < 4.78 is 7.30. The van der Waals surface area contributed by atoms with Gasteiger partial charge in [0.1, 0.15) is 0 Å². The summed E-state index contributed by atoms with van der Waals surface area (Å²) in [6.45, 7) is 0. The van der Waals surface area contributed by atoms with E-state index in [2.05, 4.69) is 17.2 Å². The zero-order chi connectivity index (χ0) is 6.57. The zero-order valence-corrected chi connectivity index (χ0v) is 4.94. The Morgan fingerprint density at radius 3 is 2.00 bits per heavy atom. The molecule has 0 rings (SSSR count). The molecule has 0 aliphatic heterocycles. The summed E-state index contributed by atoms with van der Waals surface area (Å²) in [6, 6.07) is 0. The van der Waals surface area contributed by atoms with Crippen molar-refractivity contribution in [2.24, 2.45) is 0 Å². The fourth-order valence-electron chi connectivity index (χ4n) is 0.0962. The molecule has 1 atom stereocenters. The van der Waals surface area contributed by atoms with Gasteiger partial charge >= 0.3 is 20.0 Å². The Morgan fingerprint density at radius 1 is 1.38 bits per heavy atom. The fourth-order valence-corrected chi connectivity index (χ4v) is 0.192. The van der Waals surface area contributed by atoms with Crippen molar-refractivity contribution in [1.82, 2.24) is 0 Å². The Balaban J connectivity index is 3.64. The lowest BCUT2D eigenvalue weighted by Gasteiger charge is -1.92. The van der Waals surface area contributed by atoms with E-state index < -0.39 is 11.9 Å².